The third kappa shape index (κ3) is 3.24. The molecule has 3 rings (SSSR count). The third-order valence-electron chi connectivity index (χ3n) is 3.41. The van der Waals surface area contributed by atoms with Crippen LogP contribution in [0.15, 0.2) is 35.3 Å². The molecule has 0 radical (unpaired) electrons. The lowest BCUT2D eigenvalue weighted by Gasteiger charge is -2.08. The number of carbonyl (C=O) groups excluding carboxylic acids is 1. The highest BCUT2D eigenvalue weighted by Gasteiger charge is 2.14. The molecule has 0 aliphatic rings. The van der Waals surface area contributed by atoms with Gasteiger partial charge in [0.1, 0.15) is 11.3 Å². The van der Waals surface area contributed by atoms with Crippen LogP contribution in [-0.2, 0) is 0 Å². The van der Waals surface area contributed by atoms with E-state index in [2.05, 4.69) is 32.9 Å². The number of nitrogens with zero attached hydrogens (tertiary/aromatic N) is 4. The van der Waals surface area contributed by atoms with Crippen molar-refractivity contribution >= 4 is 17.4 Å². The summed E-state index contributed by atoms with van der Waals surface area (Å²) < 4.78 is 6.99. The molecule has 0 aromatic carbocycles. The molecule has 0 unspecified atom stereocenters. The van der Waals surface area contributed by atoms with Crippen molar-refractivity contribution in [3.05, 3.63) is 46.4 Å². The molecule has 3 heterocycles. The number of unbranched alkanes of at least 4 members (excludes halogenated alkanes) is 1. The van der Waals surface area contributed by atoms with Crippen molar-refractivity contribution in [2.75, 3.05) is 11.9 Å². The van der Waals surface area contributed by atoms with E-state index < -0.39 is 11.5 Å². The number of carbonyl (C=O) groups is 1. The van der Waals surface area contributed by atoms with Crippen molar-refractivity contribution in [1.29, 1.82) is 0 Å². The Kier molecular flexibility index (Phi) is 4.50. The number of pyridine rings is 2. The fourth-order valence-electron chi connectivity index (χ4n) is 2.15. The van der Waals surface area contributed by atoms with Crippen LogP contribution in [0.2, 0.25) is 0 Å². The average molecular weight is 328 g/mol. The van der Waals surface area contributed by atoms with E-state index in [1.807, 2.05) is 0 Å². The molecular formula is C15H16N6O3. The number of aromatic nitrogens is 5. The van der Waals surface area contributed by atoms with Crippen LogP contribution >= 0.6 is 0 Å². The first-order chi connectivity index (χ1) is 11.7. The molecule has 0 spiro atoms. The zero-order valence-electron chi connectivity index (χ0n) is 13.0. The minimum Gasteiger partial charge on any atom is -0.492 e. The van der Waals surface area contributed by atoms with Crippen LogP contribution in [0.25, 0.3) is 5.52 Å². The van der Waals surface area contributed by atoms with E-state index in [9.17, 15) is 9.59 Å². The predicted octanol–water partition coefficient (Wildman–Crippen LogP) is 1.24. The molecule has 0 saturated heterocycles. The fourth-order valence-corrected chi connectivity index (χ4v) is 2.15. The molecule has 0 fully saturated rings. The normalized spacial score (nSPS) is 10.7. The lowest BCUT2D eigenvalue weighted by Crippen LogP contribution is -2.26. The van der Waals surface area contributed by atoms with Gasteiger partial charge in [0.25, 0.3) is 11.5 Å². The lowest BCUT2D eigenvalue weighted by molar-refractivity contribution is 0.102. The number of anilines is 1. The number of ether oxygens (including phenoxy) is 1. The van der Waals surface area contributed by atoms with Crippen molar-refractivity contribution < 1.29 is 9.53 Å². The molecule has 0 saturated carbocycles. The topological polar surface area (TPSA) is 114 Å². The smallest absolute Gasteiger partial charge is 0.268 e. The second-order valence-corrected chi connectivity index (χ2v) is 5.12. The molecule has 0 atom stereocenters. The van der Waals surface area contributed by atoms with Gasteiger partial charge in [0.2, 0.25) is 5.95 Å². The number of aromatic amines is 1. The van der Waals surface area contributed by atoms with E-state index in [1.165, 1.54) is 10.5 Å². The molecule has 0 bridgehead atoms. The molecule has 2 N–H and O–H groups in total. The van der Waals surface area contributed by atoms with Gasteiger partial charge in [-0.25, -0.2) is 5.10 Å². The van der Waals surface area contributed by atoms with Gasteiger partial charge in [-0.05, 0) is 41.1 Å². The van der Waals surface area contributed by atoms with Crippen LogP contribution in [0, 0.1) is 0 Å². The Morgan fingerprint density at radius 3 is 2.92 bits per heavy atom. The maximum atomic E-state index is 12.6. The number of rotatable bonds is 6. The van der Waals surface area contributed by atoms with Gasteiger partial charge in [0, 0.05) is 5.52 Å². The maximum Gasteiger partial charge on any atom is 0.268 e. The minimum atomic E-state index is -0.592. The maximum absolute atomic E-state index is 12.6. The van der Waals surface area contributed by atoms with Crippen LogP contribution in [0.1, 0.15) is 30.1 Å². The van der Waals surface area contributed by atoms with Gasteiger partial charge in [-0.15, -0.1) is 0 Å². The summed E-state index contributed by atoms with van der Waals surface area (Å²) in [5.41, 5.74) is 0.203. The third-order valence-corrected chi connectivity index (χ3v) is 3.41. The number of H-pyrrole nitrogens is 1. The minimum absolute atomic E-state index is 0.0189. The summed E-state index contributed by atoms with van der Waals surface area (Å²) in [6, 6.07) is 6.72. The second kappa shape index (κ2) is 6.90. The largest absolute Gasteiger partial charge is 0.492 e. The molecule has 0 aliphatic heterocycles. The quantitative estimate of drug-likeness (QED) is 0.658. The summed E-state index contributed by atoms with van der Waals surface area (Å²) in [4.78, 5) is 24.8. The fraction of sp³-hybridized carbons (Fsp3) is 0.267. The van der Waals surface area contributed by atoms with Crippen molar-refractivity contribution in [3.8, 4) is 5.75 Å². The number of amides is 1. The van der Waals surface area contributed by atoms with E-state index in [-0.39, 0.29) is 11.5 Å². The molecule has 0 aliphatic carbocycles. The molecule has 3 aromatic rings. The Morgan fingerprint density at radius 2 is 2.17 bits per heavy atom. The molecule has 3 aromatic heterocycles. The Morgan fingerprint density at radius 1 is 1.33 bits per heavy atom. The van der Waals surface area contributed by atoms with Crippen molar-refractivity contribution in [1.82, 2.24) is 25.0 Å². The first-order valence-electron chi connectivity index (χ1n) is 7.52. The van der Waals surface area contributed by atoms with Crippen molar-refractivity contribution in [3.63, 3.8) is 0 Å². The molecule has 24 heavy (non-hydrogen) atoms. The lowest BCUT2D eigenvalue weighted by atomic mass is 10.2. The van der Waals surface area contributed by atoms with Gasteiger partial charge in [0.15, 0.2) is 0 Å². The van der Waals surface area contributed by atoms with Crippen LogP contribution < -0.4 is 15.6 Å². The Bertz CT molecular complexity index is 903. The molecule has 9 nitrogen and oxygen atoms in total. The van der Waals surface area contributed by atoms with E-state index >= 15 is 0 Å². The molecule has 9 heteroatoms. The number of nitrogens with one attached hydrogen (secondary N) is 2. The second-order valence-electron chi connectivity index (χ2n) is 5.12. The molecule has 124 valence electrons. The van der Waals surface area contributed by atoms with Gasteiger partial charge < -0.3 is 4.74 Å². The number of tetrazole rings is 1. The van der Waals surface area contributed by atoms with Crippen LogP contribution in [0.4, 0.5) is 5.95 Å². The van der Waals surface area contributed by atoms with E-state index in [4.69, 9.17) is 4.74 Å². The highest BCUT2D eigenvalue weighted by Crippen LogP contribution is 2.13. The molecular weight excluding hydrogens is 312 g/mol. The Balaban J connectivity index is 1.90. The average Bonchev–Trinajstić information content (AvgIpc) is 3.08. The Labute approximate surface area is 136 Å². The summed E-state index contributed by atoms with van der Waals surface area (Å²) >= 11 is 0. The van der Waals surface area contributed by atoms with Crippen LogP contribution in [0.3, 0.4) is 0 Å². The van der Waals surface area contributed by atoms with Gasteiger partial charge in [-0.1, -0.05) is 18.4 Å². The van der Waals surface area contributed by atoms with Crippen molar-refractivity contribution in [2.45, 2.75) is 19.8 Å². The summed E-state index contributed by atoms with van der Waals surface area (Å²) in [5.74, 6) is 0.0569. The van der Waals surface area contributed by atoms with Gasteiger partial charge in [-0.2, -0.15) is 0 Å². The summed E-state index contributed by atoms with van der Waals surface area (Å²) in [5, 5.41) is 15.1. The van der Waals surface area contributed by atoms with E-state index in [0.717, 1.165) is 12.8 Å². The predicted molar refractivity (Wildman–Crippen MR) is 86.2 cm³/mol. The SMILES string of the molecule is CCCCOc1ccc2ccc(C(=O)Nc3nnn[nH]3)c(=O)n2c1. The van der Waals surface area contributed by atoms with Crippen molar-refractivity contribution in [2.24, 2.45) is 0 Å². The molecule has 1 amide bonds. The summed E-state index contributed by atoms with van der Waals surface area (Å²) in [7, 11) is 0. The van der Waals surface area contributed by atoms with E-state index in [1.54, 1.807) is 24.4 Å². The highest BCUT2D eigenvalue weighted by molar-refractivity contribution is 6.03. The Hall–Kier alpha value is -3.23. The number of hydrogen-bond acceptors (Lipinski definition) is 6. The van der Waals surface area contributed by atoms with Crippen LogP contribution in [0.5, 0.6) is 5.75 Å². The zero-order chi connectivity index (χ0) is 16.9. The first kappa shape index (κ1) is 15.7. The highest BCUT2D eigenvalue weighted by atomic mass is 16.5. The van der Waals surface area contributed by atoms with Gasteiger partial charge in [0.05, 0.1) is 12.8 Å². The number of fused-ring (bicyclic) bond motifs is 1. The summed E-state index contributed by atoms with van der Waals surface area (Å²) in [6.45, 7) is 2.65. The standard InChI is InChI=1S/C15H16N6O3/c1-2-3-8-24-11-6-4-10-5-7-12(14(23)21(10)9-11)13(22)16-15-17-19-20-18-15/h4-7,9H,2-3,8H2,1H3,(H2,16,17,18,19,20,22). The van der Waals surface area contributed by atoms with Crippen LogP contribution in [-0.4, -0.2) is 37.5 Å². The monoisotopic (exact) mass is 328 g/mol. The van der Waals surface area contributed by atoms with Gasteiger partial charge in [-0.3, -0.25) is 19.3 Å². The first-order valence-corrected chi connectivity index (χ1v) is 7.52. The number of hydrogen-bond donors (Lipinski definition) is 2. The van der Waals surface area contributed by atoms with E-state index in [0.29, 0.717) is 17.9 Å². The zero-order valence-corrected chi connectivity index (χ0v) is 13.0. The van der Waals surface area contributed by atoms with Gasteiger partial charge >= 0.3 is 0 Å². The summed E-state index contributed by atoms with van der Waals surface area (Å²) in [6.07, 6.45) is 3.54.